The quantitative estimate of drug-likeness (QED) is 0.286. The Morgan fingerprint density at radius 1 is 1.17 bits per heavy atom. The van der Waals surface area contributed by atoms with Gasteiger partial charge in [-0.05, 0) is 31.2 Å². The normalized spacial score (nSPS) is 11.2. The number of hydrogen-bond acceptors (Lipinski definition) is 7. The minimum atomic E-state index is -1.01. The molecule has 1 N–H and O–H groups in total. The first-order chi connectivity index (χ1) is 14.0. The van der Waals surface area contributed by atoms with Gasteiger partial charge in [-0.1, -0.05) is 52.6 Å². The third kappa shape index (κ3) is 4.76. The van der Waals surface area contributed by atoms with Gasteiger partial charge in [0.25, 0.3) is 0 Å². The summed E-state index contributed by atoms with van der Waals surface area (Å²) in [5, 5.41) is 4.32. The summed E-state index contributed by atoms with van der Waals surface area (Å²) < 4.78 is 10.6. The van der Waals surface area contributed by atoms with Crippen molar-refractivity contribution < 1.29 is 18.9 Å². The summed E-state index contributed by atoms with van der Waals surface area (Å²) in [6.07, 6.45) is -1.01. The molecule has 1 heterocycles. The number of nitrogens with one attached hydrogen (secondary N) is 1. The minimum Gasteiger partial charge on any atom is -0.433 e. The van der Waals surface area contributed by atoms with E-state index >= 15 is 0 Å². The molecule has 0 spiro atoms. The zero-order valence-corrected chi connectivity index (χ0v) is 16.5. The largest absolute Gasteiger partial charge is 0.533 e. The van der Waals surface area contributed by atoms with Gasteiger partial charge in [-0.2, -0.15) is 5.48 Å². The molecule has 0 atom stereocenters. The Hall–Kier alpha value is -3.30. The fourth-order valence-electron chi connectivity index (χ4n) is 2.26. The van der Waals surface area contributed by atoms with Crippen LogP contribution in [0.15, 0.2) is 62.8 Å². The van der Waals surface area contributed by atoms with Crippen molar-refractivity contribution in [3.63, 3.8) is 0 Å². The Labute approximate surface area is 174 Å². The molecule has 0 aliphatic carbocycles. The SMILES string of the molecule is CCOC(=O)ONC(=Nc1ccccc1Cl)c1noc(=O)n1-c1ccccc1Cl. The highest BCUT2D eigenvalue weighted by Crippen LogP contribution is 2.25. The van der Waals surface area contributed by atoms with Crippen molar-refractivity contribution in [3.05, 3.63) is 75.0 Å². The predicted molar refractivity (Wildman–Crippen MR) is 106 cm³/mol. The van der Waals surface area contributed by atoms with Gasteiger partial charge in [-0.15, -0.1) is 0 Å². The van der Waals surface area contributed by atoms with Crippen LogP contribution in [0, 0.1) is 0 Å². The highest BCUT2D eigenvalue weighted by molar-refractivity contribution is 6.33. The number of nitrogens with zero attached hydrogens (tertiary/aromatic N) is 3. The van der Waals surface area contributed by atoms with E-state index in [0.717, 1.165) is 4.57 Å². The van der Waals surface area contributed by atoms with Gasteiger partial charge >= 0.3 is 11.9 Å². The van der Waals surface area contributed by atoms with Crippen LogP contribution in [0.5, 0.6) is 0 Å². The lowest BCUT2D eigenvalue weighted by molar-refractivity contribution is 0.0393. The third-order valence-electron chi connectivity index (χ3n) is 3.49. The fraction of sp³-hybridized carbons (Fsp3) is 0.111. The van der Waals surface area contributed by atoms with Gasteiger partial charge in [0, 0.05) is 0 Å². The molecular weight excluding hydrogens is 423 g/mol. The van der Waals surface area contributed by atoms with Crippen molar-refractivity contribution in [1.29, 1.82) is 0 Å². The number of carbonyl (C=O) groups excluding carboxylic acids is 1. The first-order valence-corrected chi connectivity index (χ1v) is 9.03. The highest BCUT2D eigenvalue weighted by Gasteiger charge is 2.22. The Morgan fingerprint density at radius 2 is 1.86 bits per heavy atom. The van der Waals surface area contributed by atoms with Gasteiger partial charge in [0.15, 0.2) is 0 Å². The number of amidine groups is 1. The topological polar surface area (TPSA) is 108 Å². The van der Waals surface area contributed by atoms with Gasteiger partial charge in [0.05, 0.1) is 28.0 Å². The van der Waals surface area contributed by atoms with Gasteiger partial charge in [0.2, 0.25) is 11.7 Å². The lowest BCUT2D eigenvalue weighted by atomic mass is 10.3. The first-order valence-electron chi connectivity index (χ1n) is 8.28. The molecule has 29 heavy (non-hydrogen) atoms. The van der Waals surface area contributed by atoms with Crippen molar-refractivity contribution >= 4 is 40.9 Å². The molecule has 0 bridgehead atoms. The van der Waals surface area contributed by atoms with Gasteiger partial charge in [0.1, 0.15) is 0 Å². The summed E-state index contributed by atoms with van der Waals surface area (Å²) in [6.45, 7) is 1.72. The van der Waals surface area contributed by atoms with E-state index in [-0.39, 0.29) is 23.3 Å². The Bertz CT molecular complexity index is 1110. The maximum Gasteiger partial charge on any atom is 0.533 e. The van der Waals surface area contributed by atoms with Gasteiger partial charge in [-0.25, -0.2) is 19.1 Å². The highest BCUT2D eigenvalue weighted by atomic mass is 35.5. The molecule has 0 aliphatic rings. The second-order valence-corrected chi connectivity index (χ2v) is 6.17. The van der Waals surface area contributed by atoms with Crippen molar-refractivity contribution in [2.24, 2.45) is 4.99 Å². The lowest BCUT2D eigenvalue weighted by Crippen LogP contribution is -2.32. The van der Waals surface area contributed by atoms with Crippen LogP contribution in [0.4, 0.5) is 10.5 Å². The predicted octanol–water partition coefficient (Wildman–Crippen LogP) is 3.89. The number of hydroxylamine groups is 1. The summed E-state index contributed by atoms with van der Waals surface area (Å²) >= 11 is 12.4. The smallest absolute Gasteiger partial charge is 0.433 e. The average Bonchev–Trinajstić information content (AvgIpc) is 3.08. The standard InChI is InChI=1S/C18H14Cl2N4O5/c1-2-27-18(26)29-22-15(21-13-9-5-3-7-11(13)19)16-23-28-17(25)24(16)14-10-6-4-8-12(14)20/h3-10H,2H2,1H3,(H,21,22). The monoisotopic (exact) mass is 436 g/mol. The summed E-state index contributed by atoms with van der Waals surface area (Å²) in [5.41, 5.74) is 2.95. The number of para-hydroxylation sites is 2. The number of hydrogen-bond donors (Lipinski definition) is 1. The van der Waals surface area contributed by atoms with E-state index in [1.165, 1.54) is 0 Å². The van der Waals surface area contributed by atoms with Gasteiger partial charge in [-0.3, -0.25) is 4.52 Å². The van der Waals surface area contributed by atoms with E-state index < -0.39 is 11.9 Å². The second kappa shape index (κ2) is 9.26. The molecule has 2 aromatic carbocycles. The zero-order chi connectivity index (χ0) is 20.8. The number of ether oxygens (including phenoxy) is 1. The molecule has 0 saturated heterocycles. The number of benzene rings is 2. The van der Waals surface area contributed by atoms with Crippen LogP contribution in [0.2, 0.25) is 10.0 Å². The van der Waals surface area contributed by atoms with E-state index in [2.05, 4.69) is 15.6 Å². The number of carbonyl (C=O) groups is 1. The molecule has 1 aromatic heterocycles. The van der Waals surface area contributed by atoms with Crippen LogP contribution in [0.1, 0.15) is 12.7 Å². The lowest BCUT2D eigenvalue weighted by Gasteiger charge is -2.11. The van der Waals surface area contributed by atoms with E-state index in [4.69, 9.17) is 37.3 Å². The number of aromatic nitrogens is 2. The van der Waals surface area contributed by atoms with Crippen molar-refractivity contribution in [1.82, 2.24) is 15.2 Å². The zero-order valence-electron chi connectivity index (χ0n) is 15.0. The van der Waals surface area contributed by atoms with Crippen LogP contribution in [-0.2, 0) is 9.57 Å². The van der Waals surface area contributed by atoms with E-state index in [1.54, 1.807) is 55.5 Å². The Kier molecular flexibility index (Phi) is 6.53. The van der Waals surface area contributed by atoms with Gasteiger partial charge < -0.3 is 9.57 Å². The van der Waals surface area contributed by atoms with Crippen LogP contribution >= 0.6 is 23.2 Å². The molecule has 3 rings (SSSR count). The number of aliphatic imine (C=N–C) groups is 1. The maximum atomic E-state index is 12.3. The molecule has 11 heteroatoms. The first kappa shape index (κ1) is 20.4. The molecule has 0 saturated carbocycles. The van der Waals surface area contributed by atoms with E-state index in [0.29, 0.717) is 16.4 Å². The fourth-order valence-corrected chi connectivity index (χ4v) is 2.66. The van der Waals surface area contributed by atoms with E-state index in [1.807, 2.05) is 0 Å². The second-order valence-electron chi connectivity index (χ2n) is 5.36. The molecule has 0 aliphatic heterocycles. The van der Waals surface area contributed by atoms with E-state index in [9.17, 15) is 9.59 Å². The van der Waals surface area contributed by atoms with Crippen molar-refractivity contribution in [2.75, 3.05) is 6.61 Å². The van der Waals surface area contributed by atoms with Crippen LogP contribution in [0.25, 0.3) is 5.69 Å². The molecule has 3 aromatic rings. The summed E-state index contributed by atoms with van der Waals surface area (Å²) in [7, 11) is 0. The molecule has 9 nitrogen and oxygen atoms in total. The van der Waals surface area contributed by atoms with Crippen LogP contribution in [-0.4, -0.2) is 28.3 Å². The molecular formula is C18H14Cl2N4O5. The van der Waals surface area contributed by atoms with Crippen LogP contribution in [0.3, 0.4) is 0 Å². The van der Waals surface area contributed by atoms with Crippen LogP contribution < -0.4 is 11.2 Å². The minimum absolute atomic E-state index is 0.103. The average molecular weight is 437 g/mol. The summed E-state index contributed by atoms with van der Waals surface area (Å²) in [4.78, 5) is 33.0. The Morgan fingerprint density at radius 3 is 2.55 bits per heavy atom. The molecule has 0 unspecified atom stereocenters. The molecule has 0 fully saturated rings. The Balaban J connectivity index is 2.10. The number of rotatable bonds is 4. The molecule has 0 amide bonds. The number of halogens is 2. The maximum absolute atomic E-state index is 12.3. The molecule has 0 radical (unpaired) electrons. The summed E-state index contributed by atoms with van der Waals surface area (Å²) in [6, 6.07) is 13.2. The molecule has 150 valence electrons. The van der Waals surface area contributed by atoms with Crippen molar-refractivity contribution in [2.45, 2.75) is 6.92 Å². The third-order valence-corrected chi connectivity index (χ3v) is 4.13. The van der Waals surface area contributed by atoms with Crippen molar-refractivity contribution in [3.8, 4) is 5.69 Å². The summed E-state index contributed by atoms with van der Waals surface area (Å²) in [5.74, 6) is -1.07.